The third-order valence-corrected chi connectivity index (χ3v) is 5.73. The summed E-state index contributed by atoms with van der Waals surface area (Å²) in [5.74, 6) is 0.462. The van der Waals surface area contributed by atoms with Gasteiger partial charge in [-0.05, 0) is 30.9 Å². The minimum absolute atomic E-state index is 0.0415. The molecule has 5 nitrogen and oxygen atoms in total. The lowest BCUT2D eigenvalue weighted by Gasteiger charge is -2.46. The number of nitrogens with two attached hydrogens (primary N) is 1. The number of methoxy groups -OCH3 is 1. The first-order valence-corrected chi connectivity index (χ1v) is 8.28. The van der Waals surface area contributed by atoms with Gasteiger partial charge in [-0.3, -0.25) is 0 Å². The summed E-state index contributed by atoms with van der Waals surface area (Å²) in [6.45, 7) is 7.52. The predicted molar refractivity (Wildman–Crippen MR) is 79.0 cm³/mol. The molecule has 20 heavy (non-hydrogen) atoms. The Morgan fingerprint density at radius 1 is 1.50 bits per heavy atom. The van der Waals surface area contributed by atoms with Gasteiger partial charge in [0.2, 0.25) is 10.0 Å². The molecule has 1 rings (SSSR count). The molecule has 0 spiro atoms. The Balaban J connectivity index is 3.60. The van der Waals surface area contributed by atoms with E-state index in [0.717, 1.165) is 0 Å². The SMILES string of the molecule is COC1=CC(C)=C(S(N)(=O)=O)C(C)C1(CCO)C(C)C. The van der Waals surface area contributed by atoms with Crippen LogP contribution >= 0.6 is 0 Å². The van der Waals surface area contributed by atoms with Crippen LogP contribution in [0.25, 0.3) is 0 Å². The summed E-state index contributed by atoms with van der Waals surface area (Å²) >= 11 is 0. The van der Waals surface area contributed by atoms with Crippen LogP contribution in [0.4, 0.5) is 0 Å². The number of ether oxygens (including phenoxy) is 1. The topological polar surface area (TPSA) is 89.6 Å². The molecule has 0 bridgehead atoms. The van der Waals surface area contributed by atoms with Crippen LogP contribution in [0.5, 0.6) is 0 Å². The van der Waals surface area contributed by atoms with Gasteiger partial charge in [0.1, 0.15) is 5.76 Å². The van der Waals surface area contributed by atoms with Crippen molar-refractivity contribution in [2.45, 2.75) is 34.1 Å². The number of allylic oxidation sites excluding steroid dienone is 4. The Hall–Kier alpha value is -0.850. The number of aliphatic hydroxyl groups excluding tert-OH is 1. The molecule has 0 aliphatic heterocycles. The first kappa shape index (κ1) is 17.2. The number of sulfonamides is 1. The summed E-state index contributed by atoms with van der Waals surface area (Å²) in [5.41, 5.74) is 0.0381. The van der Waals surface area contributed by atoms with Gasteiger partial charge >= 0.3 is 0 Å². The average Bonchev–Trinajstić information content (AvgIpc) is 2.30. The minimum atomic E-state index is -3.78. The van der Waals surface area contributed by atoms with Gasteiger partial charge in [-0.15, -0.1) is 0 Å². The molecule has 1 aliphatic rings. The standard InChI is InChI=1S/C14H25NO4S/c1-9(2)14(6-7-16)11(4)13(20(15,17)18)10(3)8-12(14)19-5/h8-9,11,16H,6-7H2,1-5H3,(H2,15,17,18). The van der Waals surface area contributed by atoms with Gasteiger partial charge in [0.15, 0.2) is 0 Å². The van der Waals surface area contributed by atoms with Crippen LogP contribution in [0, 0.1) is 17.3 Å². The Kier molecular flexibility index (Phi) is 5.05. The molecular formula is C14H25NO4S. The van der Waals surface area contributed by atoms with E-state index in [0.29, 0.717) is 17.8 Å². The van der Waals surface area contributed by atoms with Crippen LogP contribution < -0.4 is 5.14 Å². The highest BCUT2D eigenvalue weighted by molar-refractivity contribution is 7.93. The molecule has 0 heterocycles. The molecule has 6 heteroatoms. The Morgan fingerprint density at radius 3 is 2.40 bits per heavy atom. The molecule has 0 amide bonds. The minimum Gasteiger partial charge on any atom is -0.500 e. The largest absolute Gasteiger partial charge is 0.500 e. The molecule has 116 valence electrons. The van der Waals surface area contributed by atoms with Crippen LogP contribution in [-0.2, 0) is 14.8 Å². The predicted octanol–water partition coefficient (Wildman–Crippen LogP) is 1.75. The zero-order chi connectivity index (χ0) is 15.7. The maximum Gasteiger partial charge on any atom is 0.234 e. The second-order valence-electron chi connectivity index (χ2n) is 5.70. The molecule has 2 unspecified atom stereocenters. The third-order valence-electron chi connectivity index (χ3n) is 4.44. The van der Waals surface area contributed by atoms with Crippen molar-refractivity contribution >= 4 is 10.0 Å². The van der Waals surface area contributed by atoms with Gasteiger partial charge in [0.25, 0.3) is 0 Å². The number of hydrogen-bond donors (Lipinski definition) is 2. The van der Waals surface area contributed by atoms with Crippen molar-refractivity contribution in [3.05, 3.63) is 22.3 Å². The van der Waals surface area contributed by atoms with Gasteiger partial charge in [0, 0.05) is 17.9 Å². The quantitative estimate of drug-likeness (QED) is 0.809. The number of primary sulfonamides is 1. The fourth-order valence-electron chi connectivity index (χ4n) is 3.51. The second-order valence-corrected chi connectivity index (χ2v) is 7.23. The van der Waals surface area contributed by atoms with E-state index < -0.39 is 15.4 Å². The molecule has 0 saturated carbocycles. The molecule has 0 saturated heterocycles. The molecule has 0 fully saturated rings. The van der Waals surface area contributed by atoms with Crippen molar-refractivity contribution in [1.29, 1.82) is 0 Å². The molecule has 1 aliphatic carbocycles. The fraction of sp³-hybridized carbons (Fsp3) is 0.714. The van der Waals surface area contributed by atoms with Crippen molar-refractivity contribution < 1.29 is 18.3 Å². The van der Waals surface area contributed by atoms with Crippen LogP contribution in [0.2, 0.25) is 0 Å². The highest BCUT2D eigenvalue weighted by atomic mass is 32.2. The lowest BCUT2D eigenvalue weighted by molar-refractivity contribution is 0.0510. The number of rotatable bonds is 5. The lowest BCUT2D eigenvalue weighted by atomic mass is 9.62. The first-order valence-electron chi connectivity index (χ1n) is 6.73. The average molecular weight is 303 g/mol. The van der Waals surface area contributed by atoms with Gasteiger partial charge in [-0.2, -0.15) is 0 Å². The zero-order valence-electron chi connectivity index (χ0n) is 12.8. The van der Waals surface area contributed by atoms with E-state index in [2.05, 4.69) is 0 Å². The van der Waals surface area contributed by atoms with Crippen molar-refractivity contribution in [1.82, 2.24) is 0 Å². The summed E-state index contributed by atoms with van der Waals surface area (Å²) in [6.07, 6.45) is 2.16. The van der Waals surface area contributed by atoms with E-state index in [1.54, 1.807) is 20.1 Å². The maximum absolute atomic E-state index is 11.9. The molecule has 0 aromatic carbocycles. The Morgan fingerprint density at radius 2 is 2.05 bits per heavy atom. The van der Waals surface area contributed by atoms with Crippen molar-refractivity contribution in [2.75, 3.05) is 13.7 Å². The fourth-order valence-corrected chi connectivity index (χ4v) is 4.72. The maximum atomic E-state index is 11.9. The van der Waals surface area contributed by atoms with E-state index in [1.807, 2.05) is 20.8 Å². The monoisotopic (exact) mass is 303 g/mol. The normalized spacial score (nSPS) is 27.8. The Bertz CT molecular complexity index is 533. The van der Waals surface area contributed by atoms with Crippen molar-refractivity contribution in [3.8, 4) is 0 Å². The molecule has 0 radical (unpaired) electrons. The lowest BCUT2D eigenvalue weighted by Crippen LogP contribution is -2.43. The Labute approximate surface area is 121 Å². The summed E-state index contributed by atoms with van der Waals surface area (Å²) in [6, 6.07) is 0. The zero-order valence-corrected chi connectivity index (χ0v) is 13.6. The van der Waals surface area contributed by atoms with E-state index in [9.17, 15) is 13.5 Å². The van der Waals surface area contributed by atoms with Gasteiger partial charge in [-0.1, -0.05) is 20.8 Å². The summed E-state index contributed by atoms with van der Waals surface area (Å²) in [5, 5.41) is 14.8. The molecule has 0 aromatic rings. The van der Waals surface area contributed by atoms with Crippen LogP contribution in [-0.4, -0.2) is 27.2 Å². The number of aliphatic hydroxyl groups is 1. The number of hydrogen-bond acceptors (Lipinski definition) is 4. The van der Waals surface area contributed by atoms with Crippen LogP contribution in [0.3, 0.4) is 0 Å². The third kappa shape index (κ3) is 2.64. The smallest absolute Gasteiger partial charge is 0.234 e. The summed E-state index contributed by atoms with van der Waals surface area (Å²) in [4.78, 5) is 0.237. The van der Waals surface area contributed by atoms with Crippen molar-refractivity contribution in [3.63, 3.8) is 0 Å². The second kappa shape index (κ2) is 5.87. The highest BCUT2D eigenvalue weighted by Crippen LogP contribution is 2.52. The van der Waals surface area contributed by atoms with Crippen molar-refractivity contribution in [2.24, 2.45) is 22.4 Å². The van der Waals surface area contributed by atoms with E-state index in [-0.39, 0.29) is 23.3 Å². The first-order chi connectivity index (χ1) is 9.12. The summed E-state index contributed by atoms with van der Waals surface area (Å²) < 4.78 is 29.3. The van der Waals surface area contributed by atoms with Crippen LogP contribution in [0.1, 0.15) is 34.1 Å². The molecular weight excluding hydrogens is 278 g/mol. The van der Waals surface area contributed by atoms with Crippen LogP contribution in [0.15, 0.2) is 22.3 Å². The van der Waals surface area contributed by atoms with E-state index in [4.69, 9.17) is 9.88 Å². The highest BCUT2D eigenvalue weighted by Gasteiger charge is 2.49. The van der Waals surface area contributed by atoms with E-state index >= 15 is 0 Å². The van der Waals surface area contributed by atoms with E-state index in [1.165, 1.54) is 0 Å². The van der Waals surface area contributed by atoms with Gasteiger partial charge < -0.3 is 9.84 Å². The van der Waals surface area contributed by atoms with Gasteiger partial charge in [0.05, 0.1) is 12.0 Å². The van der Waals surface area contributed by atoms with Gasteiger partial charge in [-0.25, -0.2) is 13.6 Å². The summed E-state index contributed by atoms with van der Waals surface area (Å²) in [7, 11) is -2.21. The molecule has 2 atom stereocenters. The molecule has 3 N–H and O–H groups in total. The molecule has 0 aromatic heterocycles.